The van der Waals surface area contributed by atoms with E-state index in [9.17, 15) is 0 Å². The van der Waals surface area contributed by atoms with Crippen molar-refractivity contribution in [1.29, 1.82) is 0 Å². The topological polar surface area (TPSA) is 9.23 Å². The van der Waals surface area contributed by atoms with Crippen molar-refractivity contribution in [3.05, 3.63) is 27.2 Å². The highest BCUT2D eigenvalue weighted by atomic mass is 79.9. The lowest BCUT2D eigenvalue weighted by Gasteiger charge is -2.15. The van der Waals surface area contributed by atoms with Crippen molar-refractivity contribution in [2.24, 2.45) is 5.92 Å². The van der Waals surface area contributed by atoms with Crippen LogP contribution in [0, 0.1) is 5.92 Å². The van der Waals surface area contributed by atoms with Crippen LogP contribution in [0.25, 0.3) is 0 Å². The van der Waals surface area contributed by atoms with E-state index in [4.69, 9.17) is 16.3 Å². The van der Waals surface area contributed by atoms with Crippen LogP contribution in [-0.4, -0.2) is 7.11 Å². The molecule has 0 radical (unpaired) electrons. The number of ether oxygens (including phenoxy) is 1. The van der Waals surface area contributed by atoms with Gasteiger partial charge in [0.15, 0.2) is 0 Å². The van der Waals surface area contributed by atoms with E-state index < -0.39 is 0 Å². The van der Waals surface area contributed by atoms with Crippen molar-refractivity contribution in [3.8, 4) is 5.75 Å². The third kappa shape index (κ3) is 2.51. The molecule has 1 atom stereocenters. The summed E-state index contributed by atoms with van der Waals surface area (Å²) in [4.78, 5) is 0.349. The van der Waals surface area contributed by atoms with Crippen LogP contribution in [0.4, 0.5) is 0 Å². The molecule has 0 aromatic heterocycles. The van der Waals surface area contributed by atoms with E-state index in [1.807, 2.05) is 12.1 Å². The summed E-state index contributed by atoms with van der Waals surface area (Å²) in [6.07, 6.45) is 2.56. The molecule has 0 spiro atoms. The van der Waals surface area contributed by atoms with Gasteiger partial charge < -0.3 is 4.74 Å². The molecular formula is C11H11Br2ClO. The summed E-state index contributed by atoms with van der Waals surface area (Å²) in [5.41, 5.74) is 1.14. The fourth-order valence-corrected chi connectivity index (χ4v) is 3.51. The van der Waals surface area contributed by atoms with E-state index >= 15 is 0 Å². The summed E-state index contributed by atoms with van der Waals surface area (Å²) in [6, 6.07) is 3.83. The van der Waals surface area contributed by atoms with Crippen LogP contribution < -0.4 is 4.74 Å². The Bertz CT molecular complexity index is 377. The first kappa shape index (κ1) is 11.7. The average Bonchev–Trinajstić information content (AvgIpc) is 2.98. The molecule has 1 aliphatic rings. The SMILES string of the molecule is COc1c(Br)cc(Cl)cc1C(Br)C1CC1. The van der Waals surface area contributed by atoms with Crippen molar-refractivity contribution < 1.29 is 4.74 Å². The lowest BCUT2D eigenvalue weighted by Crippen LogP contribution is -1.98. The van der Waals surface area contributed by atoms with Crippen molar-refractivity contribution >= 4 is 43.5 Å². The molecule has 0 N–H and O–H groups in total. The smallest absolute Gasteiger partial charge is 0.137 e. The molecule has 0 aliphatic heterocycles. The van der Waals surface area contributed by atoms with Crippen molar-refractivity contribution in [3.63, 3.8) is 0 Å². The molecule has 2 rings (SSSR count). The first-order chi connectivity index (χ1) is 7.13. The van der Waals surface area contributed by atoms with Crippen molar-refractivity contribution in [2.45, 2.75) is 17.7 Å². The van der Waals surface area contributed by atoms with Gasteiger partial charge in [-0.3, -0.25) is 0 Å². The molecule has 1 unspecified atom stereocenters. The van der Waals surface area contributed by atoms with Crippen LogP contribution in [0.3, 0.4) is 0 Å². The highest BCUT2D eigenvalue weighted by molar-refractivity contribution is 9.10. The summed E-state index contributed by atoms with van der Waals surface area (Å²) in [5, 5.41) is 0.739. The van der Waals surface area contributed by atoms with Gasteiger partial charge in [0.1, 0.15) is 5.75 Å². The number of hydrogen-bond donors (Lipinski definition) is 0. The number of rotatable bonds is 3. The van der Waals surface area contributed by atoms with E-state index in [0.717, 1.165) is 26.7 Å². The van der Waals surface area contributed by atoms with Crippen LogP contribution >= 0.6 is 43.5 Å². The van der Waals surface area contributed by atoms with Gasteiger partial charge in [-0.25, -0.2) is 0 Å². The molecule has 0 saturated heterocycles. The predicted octanol–water partition coefficient (Wildman–Crippen LogP) is 4.96. The van der Waals surface area contributed by atoms with Crippen LogP contribution in [0.5, 0.6) is 5.75 Å². The number of methoxy groups -OCH3 is 1. The Morgan fingerprint density at radius 3 is 2.67 bits per heavy atom. The fourth-order valence-electron chi connectivity index (χ4n) is 1.64. The number of alkyl halides is 1. The lowest BCUT2D eigenvalue weighted by atomic mass is 10.1. The lowest BCUT2D eigenvalue weighted by molar-refractivity contribution is 0.406. The second kappa shape index (κ2) is 4.64. The molecule has 82 valence electrons. The van der Waals surface area contributed by atoms with E-state index in [-0.39, 0.29) is 0 Å². The highest BCUT2D eigenvalue weighted by Gasteiger charge is 2.32. The summed E-state index contributed by atoms with van der Waals surface area (Å²) in [7, 11) is 1.68. The summed E-state index contributed by atoms with van der Waals surface area (Å²) < 4.78 is 6.31. The average molecular weight is 354 g/mol. The van der Waals surface area contributed by atoms with Gasteiger partial charge in [-0.1, -0.05) is 27.5 Å². The molecule has 4 heteroatoms. The molecule has 15 heavy (non-hydrogen) atoms. The molecule has 0 bridgehead atoms. The molecule has 0 heterocycles. The first-order valence-corrected chi connectivity index (χ1v) is 6.89. The monoisotopic (exact) mass is 352 g/mol. The van der Waals surface area contributed by atoms with Gasteiger partial charge in [0.2, 0.25) is 0 Å². The van der Waals surface area contributed by atoms with Crippen LogP contribution in [-0.2, 0) is 0 Å². The van der Waals surface area contributed by atoms with Gasteiger partial charge in [-0.2, -0.15) is 0 Å². The molecule has 1 saturated carbocycles. The van der Waals surface area contributed by atoms with Crippen molar-refractivity contribution in [2.75, 3.05) is 7.11 Å². The molecule has 1 aliphatic carbocycles. The minimum atomic E-state index is 0.349. The Kier molecular flexibility index (Phi) is 3.63. The van der Waals surface area contributed by atoms with E-state index in [0.29, 0.717) is 4.83 Å². The Morgan fingerprint density at radius 2 is 2.13 bits per heavy atom. The maximum absolute atomic E-state index is 6.04. The summed E-state index contributed by atoms with van der Waals surface area (Å²) in [5.74, 6) is 1.61. The minimum Gasteiger partial charge on any atom is -0.495 e. The molecule has 1 nitrogen and oxygen atoms in total. The van der Waals surface area contributed by atoms with Gasteiger partial charge in [0, 0.05) is 15.4 Å². The van der Waals surface area contributed by atoms with E-state index in [2.05, 4.69) is 31.9 Å². The van der Waals surface area contributed by atoms with Gasteiger partial charge in [-0.15, -0.1) is 0 Å². The third-order valence-electron chi connectivity index (χ3n) is 2.57. The third-order valence-corrected chi connectivity index (χ3v) is 4.62. The second-order valence-electron chi connectivity index (χ2n) is 3.75. The Labute approximate surface area is 111 Å². The van der Waals surface area contributed by atoms with E-state index in [1.54, 1.807) is 7.11 Å². The van der Waals surface area contributed by atoms with Crippen LogP contribution in [0.15, 0.2) is 16.6 Å². The molecule has 1 fully saturated rings. The standard InChI is InChI=1S/C11H11Br2ClO/c1-15-11-8(10(13)6-2-3-6)4-7(14)5-9(11)12/h4-6,10H,2-3H2,1H3. The summed E-state index contributed by atoms with van der Waals surface area (Å²) in [6.45, 7) is 0. The predicted molar refractivity (Wildman–Crippen MR) is 70.1 cm³/mol. The van der Waals surface area contributed by atoms with Crippen LogP contribution in [0.1, 0.15) is 23.2 Å². The number of halogens is 3. The van der Waals surface area contributed by atoms with Gasteiger partial charge in [0.05, 0.1) is 11.6 Å². The summed E-state index contributed by atoms with van der Waals surface area (Å²) >= 11 is 13.2. The maximum atomic E-state index is 6.04. The van der Waals surface area contributed by atoms with Gasteiger partial charge in [0.25, 0.3) is 0 Å². The zero-order chi connectivity index (χ0) is 11.0. The number of hydrogen-bond acceptors (Lipinski definition) is 1. The molecule has 1 aromatic carbocycles. The quantitative estimate of drug-likeness (QED) is 0.697. The normalized spacial score (nSPS) is 17.6. The molecule has 1 aromatic rings. The maximum Gasteiger partial charge on any atom is 0.137 e. The van der Waals surface area contributed by atoms with E-state index in [1.165, 1.54) is 12.8 Å². The second-order valence-corrected chi connectivity index (χ2v) is 6.03. The van der Waals surface area contributed by atoms with Crippen LogP contribution in [0.2, 0.25) is 5.02 Å². The first-order valence-electron chi connectivity index (χ1n) is 4.80. The Morgan fingerprint density at radius 1 is 1.47 bits per heavy atom. The van der Waals surface area contributed by atoms with Gasteiger partial charge in [-0.05, 0) is 46.8 Å². The Balaban J connectivity index is 2.42. The van der Waals surface area contributed by atoms with Crippen molar-refractivity contribution in [1.82, 2.24) is 0 Å². The zero-order valence-electron chi connectivity index (χ0n) is 8.27. The zero-order valence-corrected chi connectivity index (χ0v) is 12.2. The molecule has 0 amide bonds. The minimum absolute atomic E-state index is 0.349. The highest BCUT2D eigenvalue weighted by Crippen LogP contribution is 2.50. The number of benzene rings is 1. The fraction of sp³-hybridized carbons (Fsp3) is 0.455. The van der Waals surface area contributed by atoms with Gasteiger partial charge >= 0.3 is 0 Å². The molecular weight excluding hydrogens is 343 g/mol. The largest absolute Gasteiger partial charge is 0.495 e. The Hall–Kier alpha value is 0.270.